The van der Waals surface area contributed by atoms with Crippen LogP contribution in [0.4, 0.5) is 0 Å². The van der Waals surface area contributed by atoms with E-state index in [1.165, 1.54) is 58.3 Å². The first-order valence-corrected chi connectivity index (χ1v) is 7.18. The highest BCUT2D eigenvalue weighted by molar-refractivity contribution is 4.74. The Bertz CT molecular complexity index is 162. The molecule has 16 heavy (non-hydrogen) atoms. The van der Waals surface area contributed by atoms with Gasteiger partial charge in [0.1, 0.15) is 0 Å². The van der Waals surface area contributed by atoms with Crippen LogP contribution in [0.3, 0.4) is 0 Å². The van der Waals surface area contributed by atoms with Crippen LogP contribution in [0, 0.1) is 5.92 Å². The van der Waals surface area contributed by atoms with Crippen LogP contribution in [-0.4, -0.2) is 37.1 Å². The minimum Gasteiger partial charge on any atom is -0.316 e. The van der Waals surface area contributed by atoms with Crippen molar-refractivity contribution >= 4 is 0 Å². The van der Waals surface area contributed by atoms with E-state index >= 15 is 0 Å². The van der Waals surface area contributed by atoms with Crippen molar-refractivity contribution in [2.75, 3.05) is 26.2 Å². The molecule has 1 fully saturated rings. The van der Waals surface area contributed by atoms with E-state index in [4.69, 9.17) is 0 Å². The van der Waals surface area contributed by atoms with E-state index in [0.717, 1.165) is 5.92 Å². The largest absolute Gasteiger partial charge is 0.316 e. The fraction of sp³-hybridized carbons (Fsp3) is 1.00. The van der Waals surface area contributed by atoms with E-state index in [1.54, 1.807) is 0 Å². The molecule has 0 amide bonds. The second-order valence-corrected chi connectivity index (χ2v) is 5.51. The van der Waals surface area contributed by atoms with Gasteiger partial charge >= 0.3 is 0 Å². The van der Waals surface area contributed by atoms with Crippen molar-refractivity contribution in [2.24, 2.45) is 5.92 Å². The topological polar surface area (TPSA) is 15.3 Å². The van der Waals surface area contributed by atoms with Gasteiger partial charge in [-0.05, 0) is 58.7 Å². The van der Waals surface area contributed by atoms with E-state index in [2.05, 4.69) is 31.0 Å². The molecule has 1 heterocycles. The summed E-state index contributed by atoms with van der Waals surface area (Å²) in [5.74, 6) is 0.887. The first-order valence-electron chi connectivity index (χ1n) is 7.18. The van der Waals surface area contributed by atoms with Crippen molar-refractivity contribution in [2.45, 2.75) is 58.9 Å². The first-order chi connectivity index (χ1) is 7.74. The van der Waals surface area contributed by atoms with E-state index in [1.807, 2.05) is 0 Å². The number of piperidine rings is 1. The molecule has 0 aromatic rings. The highest BCUT2D eigenvalue weighted by Gasteiger charge is 2.18. The molecule has 2 heteroatoms. The van der Waals surface area contributed by atoms with Crippen LogP contribution in [0.25, 0.3) is 0 Å². The molecule has 0 aromatic heterocycles. The maximum absolute atomic E-state index is 3.52. The standard InChI is InChI=1S/C14H30N2/c1-4-5-6-10-16(13(2)3)12-14-8-7-9-15-11-14/h13-15H,4-12H2,1-3H3. The molecule has 96 valence electrons. The molecule has 1 unspecified atom stereocenters. The SMILES string of the molecule is CCCCCN(CC1CCCNC1)C(C)C. The zero-order chi connectivity index (χ0) is 11.8. The van der Waals surface area contributed by atoms with Gasteiger partial charge in [0.15, 0.2) is 0 Å². The van der Waals surface area contributed by atoms with Gasteiger partial charge in [-0.25, -0.2) is 0 Å². The van der Waals surface area contributed by atoms with Gasteiger partial charge in [0, 0.05) is 12.6 Å². The molecule has 1 N–H and O–H groups in total. The fourth-order valence-electron chi connectivity index (χ4n) is 2.54. The number of nitrogens with zero attached hydrogens (tertiary/aromatic N) is 1. The summed E-state index contributed by atoms with van der Waals surface area (Å²) in [5, 5.41) is 3.52. The summed E-state index contributed by atoms with van der Waals surface area (Å²) in [5.41, 5.74) is 0. The Balaban J connectivity index is 2.25. The Kier molecular flexibility index (Phi) is 7.06. The maximum Gasteiger partial charge on any atom is 0.00387 e. The summed E-state index contributed by atoms with van der Waals surface area (Å²) in [4.78, 5) is 2.67. The van der Waals surface area contributed by atoms with Crippen molar-refractivity contribution in [1.29, 1.82) is 0 Å². The number of nitrogens with one attached hydrogen (secondary N) is 1. The predicted octanol–water partition coefficient (Wildman–Crippen LogP) is 2.89. The number of hydrogen-bond donors (Lipinski definition) is 1. The molecule has 1 saturated heterocycles. The molecule has 0 aromatic carbocycles. The van der Waals surface area contributed by atoms with E-state index in [0.29, 0.717) is 6.04 Å². The van der Waals surface area contributed by atoms with Crippen LogP contribution < -0.4 is 5.32 Å². The van der Waals surface area contributed by atoms with Crippen LogP contribution in [0.2, 0.25) is 0 Å². The molecule has 1 rings (SSSR count). The zero-order valence-corrected chi connectivity index (χ0v) is 11.5. The third-order valence-corrected chi connectivity index (χ3v) is 3.67. The van der Waals surface area contributed by atoms with Crippen molar-refractivity contribution in [3.63, 3.8) is 0 Å². The lowest BCUT2D eigenvalue weighted by Gasteiger charge is -2.32. The van der Waals surface area contributed by atoms with Crippen LogP contribution >= 0.6 is 0 Å². The van der Waals surface area contributed by atoms with E-state index in [9.17, 15) is 0 Å². The van der Waals surface area contributed by atoms with Crippen LogP contribution in [0.15, 0.2) is 0 Å². The van der Waals surface area contributed by atoms with E-state index < -0.39 is 0 Å². The highest BCUT2D eigenvalue weighted by atomic mass is 15.1. The Morgan fingerprint density at radius 1 is 1.31 bits per heavy atom. The number of hydrogen-bond acceptors (Lipinski definition) is 2. The number of rotatable bonds is 7. The second kappa shape index (κ2) is 8.08. The van der Waals surface area contributed by atoms with Gasteiger partial charge in [-0.15, -0.1) is 0 Å². The highest BCUT2D eigenvalue weighted by Crippen LogP contribution is 2.14. The third-order valence-electron chi connectivity index (χ3n) is 3.67. The lowest BCUT2D eigenvalue weighted by Crippen LogP contribution is -2.41. The smallest absolute Gasteiger partial charge is 0.00387 e. The second-order valence-electron chi connectivity index (χ2n) is 5.51. The number of unbranched alkanes of at least 4 members (excludes halogenated alkanes) is 2. The van der Waals surface area contributed by atoms with Gasteiger partial charge in [0.05, 0.1) is 0 Å². The van der Waals surface area contributed by atoms with Gasteiger partial charge < -0.3 is 10.2 Å². The van der Waals surface area contributed by atoms with Crippen molar-refractivity contribution in [3.8, 4) is 0 Å². The molecule has 0 radical (unpaired) electrons. The Morgan fingerprint density at radius 3 is 2.69 bits per heavy atom. The molecule has 0 aliphatic carbocycles. The normalized spacial score (nSPS) is 21.9. The Hall–Kier alpha value is -0.0800. The molecular weight excluding hydrogens is 196 g/mol. The van der Waals surface area contributed by atoms with E-state index in [-0.39, 0.29) is 0 Å². The quantitative estimate of drug-likeness (QED) is 0.672. The Labute approximate surface area is 102 Å². The summed E-state index contributed by atoms with van der Waals surface area (Å²) >= 11 is 0. The van der Waals surface area contributed by atoms with Gasteiger partial charge in [-0.2, -0.15) is 0 Å². The summed E-state index contributed by atoms with van der Waals surface area (Å²) in [6.45, 7) is 12.0. The van der Waals surface area contributed by atoms with Crippen LogP contribution in [0.1, 0.15) is 52.9 Å². The molecule has 1 aliphatic rings. The molecule has 1 atom stereocenters. The summed E-state index contributed by atoms with van der Waals surface area (Å²) in [6, 6.07) is 0.707. The van der Waals surface area contributed by atoms with Gasteiger partial charge in [-0.3, -0.25) is 0 Å². The summed E-state index contributed by atoms with van der Waals surface area (Å²) in [6.07, 6.45) is 6.87. The Morgan fingerprint density at radius 2 is 2.12 bits per heavy atom. The molecule has 2 nitrogen and oxygen atoms in total. The zero-order valence-electron chi connectivity index (χ0n) is 11.5. The average molecular weight is 226 g/mol. The molecule has 0 saturated carbocycles. The van der Waals surface area contributed by atoms with Crippen LogP contribution in [-0.2, 0) is 0 Å². The summed E-state index contributed by atoms with van der Waals surface area (Å²) < 4.78 is 0. The third kappa shape index (κ3) is 5.31. The summed E-state index contributed by atoms with van der Waals surface area (Å²) in [7, 11) is 0. The molecule has 0 bridgehead atoms. The maximum atomic E-state index is 3.52. The van der Waals surface area contributed by atoms with Gasteiger partial charge in [0.2, 0.25) is 0 Å². The lowest BCUT2D eigenvalue weighted by molar-refractivity contribution is 0.168. The van der Waals surface area contributed by atoms with Gasteiger partial charge in [0.25, 0.3) is 0 Å². The predicted molar refractivity (Wildman–Crippen MR) is 71.8 cm³/mol. The first kappa shape index (κ1) is 14.0. The lowest BCUT2D eigenvalue weighted by atomic mass is 9.98. The van der Waals surface area contributed by atoms with Crippen molar-refractivity contribution in [1.82, 2.24) is 10.2 Å². The average Bonchev–Trinajstić information content (AvgIpc) is 2.29. The minimum absolute atomic E-state index is 0.707. The minimum atomic E-state index is 0.707. The monoisotopic (exact) mass is 226 g/mol. The molecule has 0 spiro atoms. The van der Waals surface area contributed by atoms with Crippen LogP contribution in [0.5, 0.6) is 0 Å². The van der Waals surface area contributed by atoms with Crippen molar-refractivity contribution in [3.05, 3.63) is 0 Å². The van der Waals surface area contributed by atoms with Crippen molar-refractivity contribution < 1.29 is 0 Å². The fourth-order valence-corrected chi connectivity index (χ4v) is 2.54. The molecule has 1 aliphatic heterocycles. The van der Waals surface area contributed by atoms with Gasteiger partial charge in [-0.1, -0.05) is 19.8 Å². The molecular formula is C14H30N2.